The maximum atomic E-state index is 12.4. The van der Waals surface area contributed by atoms with Gasteiger partial charge in [0.05, 0.1) is 5.56 Å². The number of hydrogen-bond acceptors (Lipinski definition) is 3. The summed E-state index contributed by atoms with van der Waals surface area (Å²) in [5, 5.41) is 20.4. The molecule has 0 saturated carbocycles. The van der Waals surface area contributed by atoms with Crippen molar-refractivity contribution in [2.24, 2.45) is 0 Å². The molecular weight excluding hydrogens is 288 g/mol. The van der Waals surface area contributed by atoms with Gasteiger partial charge >= 0.3 is 0 Å². The Morgan fingerprint density at radius 3 is 2.39 bits per heavy atom. The van der Waals surface area contributed by atoms with Gasteiger partial charge in [-0.25, -0.2) is 0 Å². The minimum atomic E-state index is -0.136. The van der Waals surface area contributed by atoms with Gasteiger partial charge < -0.3 is 10.2 Å². The van der Waals surface area contributed by atoms with Crippen LogP contribution in [0.1, 0.15) is 54.1 Å². The van der Waals surface area contributed by atoms with Gasteiger partial charge in [0.1, 0.15) is 11.5 Å². The number of rotatable bonds is 8. The Morgan fingerprint density at radius 2 is 1.70 bits per heavy atom. The van der Waals surface area contributed by atoms with Crippen LogP contribution in [-0.4, -0.2) is 16.0 Å². The molecule has 2 aromatic carbocycles. The van der Waals surface area contributed by atoms with Crippen LogP contribution in [0.4, 0.5) is 0 Å². The van der Waals surface area contributed by atoms with Crippen molar-refractivity contribution in [1.29, 1.82) is 0 Å². The van der Waals surface area contributed by atoms with Gasteiger partial charge in [0.2, 0.25) is 0 Å². The molecule has 2 aromatic rings. The maximum absolute atomic E-state index is 12.4. The zero-order valence-corrected chi connectivity index (χ0v) is 13.6. The van der Waals surface area contributed by atoms with Crippen LogP contribution in [-0.2, 0) is 12.8 Å². The average Bonchev–Trinajstić information content (AvgIpc) is 2.55. The maximum Gasteiger partial charge on any atom is 0.170 e. The van der Waals surface area contributed by atoms with Gasteiger partial charge in [0, 0.05) is 12.0 Å². The Balaban J connectivity index is 2.14. The Bertz CT molecular complexity index is 647. The number of carbonyl (C=O) groups excluding carboxylic acids is 1. The monoisotopic (exact) mass is 312 g/mol. The summed E-state index contributed by atoms with van der Waals surface area (Å²) < 4.78 is 0. The van der Waals surface area contributed by atoms with Crippen LogP contribution in [0.3, 0.4) is 0 Å². The van der Waals surface area contributed by atoms with Gasteiger partial charge in [-0.1, -0.05) is 56.5 Å². The molecule has 0 bridgehead atoms. The van der Waals surface area contributed by atoms with E-state index in [1.54, 1.807) is 0 Å². The molecule has 0 heterocycles. The zero-order chi connectivity index (χ0) is 16.7. The summed E-state index contributed by atoms with van der Waals surface area (Å²) in [4.78, 5) is 12.4. The molecule has 0 radical (unpaired) electrons. The average molecular weight is 312 g/mol. The minimum Gasteiger partial charge on any atom is -0.508 e. The number of phenols is 2. The molecule has 0 aromatic heterocycles. The quantitative estimate of drug-likeness (QED) is 0.551. The normalized spacial score (nSPS) is 10.7. The fourth-order valence-corrected chi connectivity index (χ4v) is 2.70. The number of phenolic OH excluding ortho intramolecular Hbond substituents is 2. The molecule has 0 aliphatic heterocycles. The second-order valence-corrected chi connectivity index (χ2v) is 5.86. The van der Waals surface area contributed by atoms with E-state index in [1.807, 2.05) is 30.3 Å². The van der Waals surface area contributed by atoms with E-state index in [4.69, 9.17) is 0 Å². The number of Topliss-reactive ketones (excluding diaryl/α,β-unsaturated/α-hetero) is 1. The molecule has 0 fully saturated rings. The SMILES string of the molecule is CCCCCCc1c(O)ccc(C(=O)Cc2ccccc2)c1O. The lowest BCUT2D eigenvalue weighted by Crippen LogP contribution is -2.05. The van der Waals surface area contributed by atoms with Crippen molar-refractivity contribution in [2.45, 2.75) is 45.4 Å². The van der Waals surface area contributed by atoms with E-state index >= 15 is 0 Å². The first-order valence-corrected chi connectivity index (χ1v) is 8.24. The van der Waals surface area contributed by atoms with Crippen molar-refractivity contribution in [3.63, 3.8) is 0 Å². The summed E-state index contributed by atoms with van der Waals surface area (Å²) in [6, 6.07) is 12.5. The summed E-state index contributed by atoms with van der Waals surface area (Å²) in [6.45, 7) is 2.14. The van der Waals surface area contributed by atoms with Crippen LogP contribution >= 0.6 is 0 Å². The van der Waals surface area contributed by atoms with Crippen molar-refractivity contribution in [3.8, 4) is 11.5 Å². The fraction of sp³-hybridized carbons (Fsp3) is 0.350. The van der Waals surface area contributed by atoms with Crippen LogP contribution in [0.25, 0.3) is 0 Å². The largest absolute Gasteiger partial charge is 0.508 e. The van der Waals surface area contributed by atoms with Gasteiger partial charge in [-0.2, -0.15) is 0 Å². The second-order valence-electron chi connectivity index (χ2n) is 5.86. The summed E-state index contributed by atoms with van der Waals surface area (Å²) in [5.41, 5.74) is 1.69. The van der Waals surface area contributed by atoms with E-state index in [0.29, 0.717) is 12.0 Å². The molecule has 0 atom stereocenters. The number of ketones is 1. The van der Waals surface area contributed by atoms with Crippen molar-refractivity contribution in [1.82, 2.24) is 0 Å². The smallest absolute Gasteiger partial charge is 0.170 e. The first-order chi connectivity index (χ1) is 11.1. The highest BCUT2D eigenvalue weighted by Crippen LogP contribution is 2.32. The molecule has 0 saturated heterocycles. The molecular formula is C20H24O3. The standard InChI is InChI=1S/C20H24O3/c1-2-3-4-8-11-16-18(21)13-12-17(20(16)23)19(22)14-15-9-6-5-7-10-15/h5-7,9-10,12-13,21,23H,2-4,8,11,14H2,1H3. The highest BCUT2D eigenvalue weighted by atomic mass is 16.3. The molecule has 0 aliphatic rings. The molecule has 0 aliphatic carbocycles. The number of benzene rings is 2. The number of hydrogen-bond donors (Lipinski definition) is 2. The molecule has 0 unspecified atom stereocenters. The lowest BCUT2D eigenvalue weighted by molar-refractivity contribution is 0.0990. The molecule has 2 N–H and O–H groups in total. The van der Waals surface area contributed by atoms with Gasteiger partial charge in [0.15, 0.2) is 5.78 Å². The lowest BCUT2D eigenvalue weighted by Gasteiger charge is -2.11. The van der Waals surface area contributed by atoms with Crippen LogP contribution in [0, 0.1) is 0 Å². The minimum absolute atomic E-state index is 0.0651. The van der Waals surface area contributed by atoms with Crippen LogP contribution in [0.5, 0.6) is 11.5 Å². The summed E-state index contributed by atoms with van der Waals surface area (Å²) in [5.74, 6) is -0.138. The van der Waals surface area contributed by atoms with Crippen molar-refractivity contribution in [3.05, 3.63) is 59.2 Å². The highest BCUT2D eigenvalue weighted by Gasteiger charge is 2.17. The highest BCUT2D eigenvalue weighted by molar-refractivity contribution is 6.00. The molecule has 3 heteroatoms. The Morgan fingerprint density at radius 1 is 0.957 bits per heavy atom. The van der Waals surface area contributed by atoms with E-state index in [2.05, 4.69) is 6.92 Å². The predicted octanol–water partition coefficient (Wildman–Crippen LogP) is 4.65. The lowest BCUT2D eigenvalue weighted by atomic mass is 9.96. The van der Waals surface area contributed by atoms with E-state index < -0.39 is 0 Å². The van der Waals surface area contributed by atoms with E-state index in [9.17, 15) is 15.0 Å². The van der Waals surface area contributed by atoms with Crippen molar-refractivity contribution >= 4 is 5.78 Å². The molecule has 2 rings (SSSR count). The van der Waals surface area contributed by atoms with Gasteiger partial charge in [-0.05, 0) is 30.5 Å². The topological polar surface area (TPSA) is 57.5 Å². The van der Waals surface area contributed by atoms with Gasteiger partial charge in [-0.3, -0.25) is 4.79 Å². The number of unbranched alkanes of at least 4 members (excludes halogenated alkanes) is 3. The van der Waals surface area contributed by atoms with E-state index in [1.165, 1.54) is 12.1 Å². The fourth-order valence-electron chi connectivity index (χ4n) is 2.70. The first-order valence-electron chi connectivity index (χ1n) is 8.24. The number of aromatic hydroxyl groups is 2. The van der Waals surface area contributed by atoms with Gasteiger partial charge in [0.25, 0.3) is 0 Å². The predicted molar refractivity (Wildman–Crippen MR) is 92.1 cm³/mol. The third kappa shape index (κ3) is 4.59. The van der Waals surface area contributed by atoms with Crippen LogP contribution in [0.15, 0.2) is 42.5 Å². The number of carbonyl (C=O) groups is 1. The Hall–Kier alpha value is -2.29. The third-order valence-corrected chi connectivity index (χ3v) is 4.05. The Labute approximate surface area is 137 Å². The van der Waals surface area contributed by atoms with Crippen molar-refractivity contribution in [2.75, 3.05) is 0 Å². The summed E-state index contributed by atoms with van der Waals surface area (Å²) in [6.07, 6.45) is 5.04. The third-order valence-electron chi connectivity index (χ3n) is 4.05. The second kappa shape index (κ2) is 8.37. The first kappa shape index (κ1) is 17.1. The van der Waals surface area contributed by atoms with Crippen LogP contribution in [0.2, 0.25) is 0 Å². The molecule has 122 valence electrons. The molecule has 23 heavy (non-hydrogen) atoms. The van der Waals surface area contributed by atoms with E-state index in [0.717, 1.165) is 31.2 Å². The van der Waals surface area contributed by atoms with Crippen LogP contribution < -0.4 is 0 Å². The molecule has 0 spiro atoms. The summed E-state index contributed by atoms with van der Waals surface area (Å²) >= 11 is 0. The molecule has 3 nitrogen and oxygen atoms in total. The van der Waals surface area contributed by atoms with E-state index in [-0.39, 0.29) is 29.3 Å². The van der Waals surface area contributed by atoms with Crippen molar-refractivity contribution < 1.29 is 15.0 Å². The Kier molecular flexibility index (Phi) is 6.21. The summed E-state index contributed by atoms with van der Waals surface area (Å²) in [7, 11) is 0. The van der Waals surface area contributed by atoms with Gasteiger partial charge in [-0.15, -0.1) is 0 Å². The zero-order valence-electron chi connectivity index (χ0n) is 13.6. The molecule has 0 amide bonds.